The summed E-state index contributed by atoms with van der Waals surface area (Å²) in [4.78, 5) is 0. The lowest BCUT2D eigenvalue weighted by molar-refractivity contribution is 0.0187. The Hall–Kier alpha value is -1.06. The van der Waals surface area contributed by atoms with Crippen molar-refractivity contribution < 1.29 is 9.47 Å². The highest BCUT2D eigenvalue weighted by molar-refractivity contribution is 5.33. The van der Waals surface area contributed by atoms with Crippen LogP contribution in [0.25, 0.3) is 0 Å². The van der Waals surface area contributed by atoms with Gasteiger partial charge in [-0.25, -0.2) is 0 Å². The lowest BCUT2D eigenvalue weighted by Crippen LogP contribution is -2.20. The second-order valence-corrected chi connectivity index (χ2v) is 5.93. The molecule has 1 aromatic carbocycles. The molecule has 0 saturated heterocycles. The summed E-state index contributed by atoms with van der Waals surface area (Å²) in [7, 11) is 0. The number of nitrogens with one attached hydrogen (secondary N) is 1. The van der Waals surface area contributed by atoms with Crippen molar-refractivity contribution in [3.05, 3.63) is 29.8 Å². The monoisotopic (exact) mass is 277 g/mol. The molecule has 0 radical (unpaired) electrons. The zero-order valence-electron chi connectivity index (χ0n) is 12.9. The lowest BCUT2D eigenvalue weighted by atomic mass is 10.1. The van der Waals surface area contributed by atoms with Crippen molar-refractivity contribution >= 4 is 0 Å². The Morgan fingerprint density at radius 3 is 2.60 bits per heavy atom. The van der Waals surface area contributed by atoms with E-state index in [0.717, 1.165) is 18.3 Å². The average Bonchev–Trinajstić information content (AvgIpc) is 3.26. The van der Waals surface area contributed by atoms with Gasteiger partial charge in [-0.15, -0.1) is 0 Å². The first-order valence-electron chi connectivity index (χ1n) is 7.72. The Morgan fingerprint density at radius 2 is 1.90 bits per heavy atom. The summed E-state index contributed by atoms with van der Waals surface area (Å²) in [5.74, 6) is 1.52. The van der Waals surface area contributed by atoms with E-state index in [-0.39, 0.29) is 6.10 Å². The fourth-order valence-corrected chi connectivity index (χ4v) is 1.91. The number of hydrogen-bond acceptors (Lipinski definition) is 3. The number of rotatable bonds is 9. The zero-order chi connectivity index (χ0) is 14.4. The van der Waals surface area contributed by atoms with Crippen LogP contribution < -0.4 is 10.1 Å². The Bertz CT molecular complexity index is 402. The van der Waals surface area contributed by atoms with Crippen molar-refractivity contribution in [2.45, 2.75) is 52.3 Å². The van der Waals surface area contributed by atoms with Gasteiger partial charge in [-0.1, -0.05) is 32.0 Å². The summed E-state index contributed by atoms with van der Waals surface area (Å²) in [5.41, 5.74) is 1.23. The van der Waals surface area contributed by atoms with Gasteiger partial charge in [0.1, 0.15) is 12.4 Å². The largest absolute Gasteiger partial charge is 0.491 e. The number of benzene rings is 1. The van der Waals surface area contributed by atoms with Gasteiger partial charge in [0.2, 0.25) is 0 Å². The quantitative estimate of drug-likeness (QED) is 0.702. The van der Waals surface area contributed by atoms with Crippen LogP contribution in [0.3, 0.4) is 0 Å². The van der Waals surface area contributed by atoms with Gasteiger partial charge in [0.25, 0.3) is 0 Å². The van der Waals surface area contributed by atoms with Crippen LogP contribution in [0.15, 0.2) is 24.3 Å². The summed E-state index contributed by atoms with van der Waals surface area (Å²) in [6.45, 7) is 8.60. The molecule has 1 aliphatic carbocycles. The van der Waals surface area contributed by atoms with Crippen molar-refractivity contribution in [1.29, 1.82) is 0 Å². The average molecular weight is 277 g/mol. The molecule has 1 aliphatic rings. The molecule has 20 heavy (non-hydrogen) atoms. The Balaban J connectivity index is 1.73. The zero-order valence-corrected chi connectivity index (χ0v) is 12.9. The Kier molecular flexibility index (Phi) is 5.86. The first-order chi connectivity index (χ1) is 9.66. The molecule has 0 bridgehead atoms. The Labute approximate surface area is 122 Å². The van der Waals surface area contributed by atoms with Crippen molar-refractivity contribution in [3.8, 4) is 5.75 Å². The fraction of sp³-hybridized carbons (Fsp3) is 0.647. The molecule has 1 fully saturated rings. The normalized spacial score (nSPS) is 16.4. The summed E-state index contributed by atoms with van der Waals surface area (Å²) in [6, 6.07) is 8.97. The second kappa shape index (κ2) is 7.65. The van der Waals surface area contributed by atoms with Crippen LogP contribution in [-0.4, -0.2) is 25.4 Å². The Morgan fingerprint density at radius 1 is 1.15 bits per heavy atom. The number of ether oxygens (including phenoxy) is 2. The van der Waals surface area contributed by atoms with Crippen molar-refractivity contribution in [3.63, 3.8) is 0 Å². The highest BCUT2D eigenvalue weighted by Crippen LogP contribution is 2.22. The minimum absolute atomic E-state index is 0.283. The summed E-state index contributed by atoms with van der Waals surface area (Å²) in [6.07, 6.45) is 2.90. The molecule has 0 amide bonds. The maximum Gasteiger partial charge on any atom is 0.123 e. The van der Waals surface area contributed by atoms with E-state index >= 15 is 0 Å². The van der Waals surface area contributed by atoms with Gasteiger partial charge in [0, 0.05) is 18.2 Å². The van der Waals surface area contributed by atoms with Gasteiger partial charge in [-0.05, 0) is 31.7 Å². The van der Waals surface area contributed by atoms with E-state index in [1.165, 1.54) is 18.4 Å². The predicted molar refractivity (Wildman–Crippen MR) is 82.1 cm³/mol. The van der Waals surface area contributed by atoms with Gasteiger partial charge in [-0.3, -0.25) is 0 Å². The third-order valence-electron chi connectivity index (χ3n) is 3.79. The third kappa shape index (κ3) is 5.14. The predicted octanol–water partition coefficient (Wildman–Crippen LogP) is 3.38. The topological polar surface area (TPSA) is 30.5 Å². The van der Waals surface area contributed by atoms with Crippen LogP contribution in [-0.2, 0) is 11.3 Å². The first-order valence-corrected chi connectivity index (χ1v) is 7.72. The SMILES string of the molecule is CC(C)C(C)OCCOc1ccccc1CNC1CC1. The summed E-state index contributed by atoms with van der Waals surface area (Å²) in [5, 5.41) is 3.53. The third-order valence-corrected chi connectivity index (χ3v) is 3.79. The van der Waals surface area contributed by atoms with E-state index in [4.69, 9.17) is 9.47 Å². The van der Waals surface area contributed by atoms with E-state index in [9.17, 15) is 0 Å². The van der Waals surface area contributed by atoms with E-state index < -0.39 is 0 Å². The molecule has 1 atom stereocenters. The molecule has 1 unspecified atom stereocenters. The molecule has 112 valence electrons. The molecule has 3 nitrogen and oxygen atoms in total. The van der Waals surface area contributed by atoms with Crippen molar-refractivity contribution in [2.75, 3.05) is 13.2 Å². The molecule has 2 rings (SSSR count). The van der Waals surface area contributed by atoms with E-state index in [2.05, 4.69) is 38.2 Å². The van der Waals surface area contributed by atoms with Gasteiger partial charge in [-0.2, -0.15) is 0 Å². The van der Waals surface area contributed by atoms with E-state index in [0.29, 0.717) is 19.1 Å². The molecular weight excluding hydrogens is 250 g/mol. The maximum atomic E-state index is 5.85. The van der Waals surface area contributed by atoms with Crippen LogP contribution in [0.1, 0.15) is 39.2 Å². The van der Waals surface area contributed by atoms with Gasteiger partial charge < -0.3 is 14.8 Å². The lowest BCUT2D eigenvalue weighted by Gasteiger charge is -2.17. The number of para-hydroxylation sites is 1. The highest BCUT2D eigenvalue weighted by atomic mass is 16.5. The van der Waals surface area contributed by atoms with Crippen LogP contribution in [0, 0.1) is 5.92 Å². The standard InChI is InChI=1S/C17H27NO2/c1-13(2)14(3)19-10-11-20-17-7-5-4-6-15(17)12-18-16-8-9-16/h4-7,13-14,16,18H,8-12H2,1-3H3. The van der Waals surface area contributed by atoms with Crippen LogP contribution in [0.4, 0.5) is 0 Å². The van der Waals surface area contributed by atoms with Gasteiger partial charge in [0.15, 0.2) is 0 Å². The molecule has 3 heteroatoms. The number of hydrogen-bond donors (Lipinski definition) is 1. The molecule has 0 aliphatic heterocycles. The van der Waals surface area contributed by atoms with Gasteiger partial charge >= 0.3 is 0 Å². The van der Waals surface area contributed by atoms with E-state index in [1.54, 1.807) is 0 Å². The van der Waals surface area contributed by atoms with Crippen molar-refractivity contribution in [2.24, 2.45) is 5.92 Å². The molecule has 1 N–H and O–H groups in total. The fourth-order valence-electron chi connectivity index (χ4n) is 1.91. The van der Waals surface area contributed by atoms with Crippen LogP contribution >= 0.6 is 0 Å². The molecule has 0 spiro atoms. The molecule has 0 heterocycles. The van der Waals surface area contributed by atoms with Gasteiger partial charge in [0.05, 0.1) is 12.7 Å². The van der Waals surface area contributed by atoms with E-state index in [1.807, 2.05) is 12.1 Å². The molecule has 1 aromatic rings. The first kappa shape index (κ1) is 15.3. The van der Waals surface area contributed by atoms with Crippen LogP contribution in [0.5, 0.6) is 5.75 Å². The highest BCUT2D eigenvalue weighted by Gasteiger charge is 2.20. The second-order valence-electron chi connectivity index (χ2n) is 5.93. The minimum Gasteiger partial charge on any atom is -0.491 e. The minimum atomic E-state index is 0.283. The smallest absolute Gasteiger partial charge is 0.123 e. The molecule has 0 aromatic heterocycles. The van der Waals surface area contributed by atoms with Crippen molar-refractivity contribution in [1.82, 2.24) is 5.32 Å². The maximum absolute atomic E-state index is 5.85. The molecular formula is C17H27NO2. The molecule has 1 saturated carbocycles. The summed E-state index contributed by atoms with van der Waals surface area (Å²) >= 11 is 0. The van der Waals surface area contributed by atoms with Crippen LogP contribution in [0.2, 0.25) is 0 Å². The summed E-state index contributed by atoms with van der Waals surface area (Å²) < 4.78 is 11.6.